The van der Waals surface area contributed by atoms with Gasteiger partial charge in [-0.2, -0.15) is 0 Å². The molecule has 0 saturated heterocycles. The highest BCUT2D eigenvalue weighted by Gasteiger charge is 2.26. The molecular formula is C15H18N2O6. The summed E-state index contributed by atoms with van der Waals surface area (Å²) in [5.41, 5.74) is 1.04. The van der Waals surface area contributed by atoms with Crippen LogP contribution in [0, 0.1) is 0 Å². The number of hydrogen-bond acceptors (Lipinski definition) is 5. The van der Waals surface area contributed by atoms with Crippen LogP contribution in [0.1, 0.15) is 13.3 Å². The molecule has 0 aliphatic carbocycles. The Labute approximate surface area is 132 Å². The van der Waals surface area contributed by atoms with E-state index in [0.29, 0.717) is 17.1 Å². The number of amides is 1. The lowest BCUT2D eigenvalue weighted by atomic mass is 10.1. The van der Waals surface area contributed by atoms with Crippen LogP contribution in [-0.4, -0.2) is 54.3 Å². The lowest BCUT2D eigenvalue weighted by Crippen LogP contribution is -2.41. The Kier molecular flexibility index (Phi) is 4.73. The van der Waals surface area contributed by atoms with Crippen molar-refractivity contribution in [3.05, 3.63) is 18.2 Å². The van der Waals surface area contributed by atoms with Crippen molar-refractivity contribution < 1.29 is 29.3 Å². The van der Waals surface area contributed by atoms with Crippen LogP contribution in [0.2, 0.25) is 0 Å². The van der Waals surface area contributed by atoms with Crippen LogP contribution < -0.4 is 14.5 Å². The minimum atomic E-state index is -1.06. The number of nitrogens with zero attached hydrogens (tertiary/aromatic N) is 2. The first-order valence-electron chi connectivity index (χ1n) is 7.06. The first-order chi connectivity index (χ1) is 10.8. The number of ether oxygens (including phenoxy) is 1. The average molecular weight is 322 g/mol. The van der Waals surface area contributed by atoms with E-state index in [1.165, 1.54) is 16.7 Å². The Hall–Kier alpha value is -2.77. The second-order valence-electron chi connectivity index (χ2n) is 5.24. The maximum absolute atomic E-state index is 11.7. The fourth-order valence-corrected chi connectivity index (χ4v) is 2.34. The fourth-order valence-electron chi connectivity index (χ4n) is 2.34. The van der Waals surface area contributed by atoms with Gasteiger partial charge in [0.1, 0.15) is 11.8 Å². The number of benzene rings is 1. The molecule has 124 valence electrons. The van der Waals surface area contributed by atoms with Crippen molar-refractivity contribution in [2.45, 2.75) is 19.4 Å². The van der Waals surface area contributed by atoms with Crippen LogP contribution in [0.5, 0.6) is 5.75 Å². The Morgan fingerprint density at radius 2 is 2.09 bits per heavy atom. The lowest BCUT2D eigenvalue weighted by Gasteiger charge is -2.31. The molecule has 0 aromatic heterocycles. The molecule has 0 bridgehead atoms. The monoisotopic (exact) mass is 322 g/mol. The summed E-state index contributed by atoms with van der Waals surface area (Å²) >= 11 is 0. The zero-order valence-corrected chi connectivity index (χ0v) is 12.9. The van der Waals surface area contributed by atoms with E-state index in [1.54, 1.807) is 25.2 Å². The van der Waals surface area contributed by atoms with E-state index in [9.17, 15) is 19.5 Å². The van der Waals surface area contributed by atoms with E-state index in [4.69, 9.17) is 9.84 Å². The maximum Gasteiger partial charge on any atom is 0.326 e. The first kappa shape index (κ1) is 16.6. The third kappa shape index (κ3) is 3.53. The molecule has 23 heavy (non-hydrogen) atoms. The number of carbonyl (C=O) groups is 3. The smallest absolute Gasteiger partial charge is 0.326 e. The van der Waals surface area contributed by atoms with Gasteiger partial charge in [0.05, 0.1) is 12.1 Å². The van der Waals surface area contributed by atoms with Crippen LogP contribution in [-0.2, 0) is 14.4 Å². The summed E-state index contributed by atoms with van der Waals surface area (Å²) in [5.74, 6) is -1.76. The Balaban J connectivity index is 2.36. The molecule has 1 aromatic carbocycles. The van der Waals surface area contributed by atoms with Crippen LogP contribution in [0.3, 0.4) is 0 Å². The minimum absolute atomic E-state index is 0.0418. The van der Waals surface area contributed by atoms with Crippen molar-refractivity contribution in [1.82, 2.24) is 0 Å². The average Bonchev–Trinajstić information content (AvgIpc) is 2.51. The molecule has 0 fully saturated rings. The molecule has 1 aliphatic rings. The van der Waals surface area contributed by atoms with Crippen molar-refractivity contribution in [3.8, 4) is 5.75 Å². The van der Waals surface area contributed by atoms with Gasteiger partial charge in [0.15, 0.2) is 6.61 Å². The molecule has 0 radical (unpaired) electrons. The molecule has 0 saturated carbocycles. The van der Waals surface area contributed by atoms with Gasteiger partial charge in [-0.1, -0.05) is 0 Å². The van der Waals surface area contributed by atoms with E-state index in [0.717, 1.165) is 0 Å². The summed E-state index contributed by atoms with van der Waals surface area (Å²) in [4.78, 5) is 36.7. The molecule has 2 N–H and O–H groups in total. The zero-order valence-electron chi connectivity index (χ0n) is 12.9. The van der Waals surface area contributed by atoms with E-state index >= 15 is 0 Å². The van der Waals surface area contributed by atoms with Gasteiger partial charge in [-0.25, -0.2) is 4.79 Å². The molecule has 8 heteroatoms. The summed E-state index contributed by atoms with van der Waals surface area (Å²) in [6, 6.07) is 4.03. The maximum atomic E-state index is 11.7. The number of fused-ring (bicyclic) bond motifs is 1. The topological polar surface area (TPSA) is 107 Å². The summed E-state index contributed by atoms with van der Waals surface area (Å²) < 4.78 is 5.33. The molecule has 1 unspecified atom stereocenters. The number of likely N-dealkylation sites (N-methyl/N-ethyl adjacent to an activating group) is 1. The minimum Gasteiger partial charge on any atom is -0.482 e. The summed E-state index contributed by atoms with van der Waals surface area (Å²) in [7, 11) is 1.61. The third-order valence-corrected chi connectivity index (χ3v) is 3.75. The summed E-state index contributed by atoms with van der Waals surface area (Å²) in [6.45, 7) is 1.48. The molecule has 1 amide bonds. The lowest BCUT2D eigenvalue weighted by molar-refractivity contribution is -0.139. The van der Waals surface area contributed by atoms with E-state index in [1.807, 2.05) is 0 Å². The molecule has 1 aliphatic heterocycles. The van der Waals surface area contributed by atoms with Gasteiger partial charge in [-0.05, 0) is 25.1 Å². The summed E-state index contributed by atoms with van der Waals surface area (Å²) in [6.07, 6.45) is -0.194. The van der Waals surface area contributed by atoms with Gasteiger partial charge < -0.3 is 24.7 Å². The number of rotatable bonds is 6. The van der Waals surface area contributed by atoms with Crippen LogP contribution in [0.4, 0.5) is 11.4 Å². The second kappa shape index (κ2) is 6.55. The molecule has 1 aromatic rings. The number of carboxylic acids is 2. The predicted octanol–water partition coefficient (Wildman–Crippen LogP) is 0.796. The van der Waals surface area contributed by atoms with Crippen LogP contribution >= 0.6 is 0 Å². The molecule has 0 spiro atoms. The highest BCUT2D eigenvalue weighted by Crippen LogP contribution is 2.35. The Morgan fingerprint density at radius 3 is 2.70 bits per heavy atom. The number of aliphatic carboxylic acids is 2. The van der Waals surface area contributed by atoms with Crippen molar-refractivity contribution in [3.63, 3.8) is 0 Å². The Morgan fingerprint density at radius 1 is 1.39 bits per heavy atom. The second-order valence-corrected chi connectivity index (χ2v) is 5.24. The number of anilines is 2. The fraction of sp³-hybridized carbons (Fsp3) is 0.400. The number of hydrogen-bond donors (Lipinski definition) is 2. The largest absolute Gasteiger partial charge is 0.482 e. The Bertz CT molecular complexity index is 645. The van der Waals surface area contributed by atoms with Crippen molar-refractivity contribution in [2.75, 3.05) is 30.0 Å². The van der Waals surface area contributed by atoms with E-state index in [2.05, 4.69) is 0 Å². The standard InChI is InChI=1S/C15H18N2O6/c1-9(15(21)22)17(6-5-14(19)20)10-3-4-12-11(7-10)16(2)13(18)8-23-12/h3-4,7,9H,5-6,8H2,1-2H3,(H,19,20)(H,21,22). The SMILES string of the molecule is CC(C(=O)O)N(CCC(=O)O)c1ccc2c(c1)N(C)C(=O)CO2. The van der Waals surface area contributed by atoms with Gasteiger partial charge in [-0.3, -0.25) is 9.59 Å². The van der Waals surface area contributed by atoms with Crippen molar-refractivity contribution in [2.24, 2.45) is 0 Å². The van der Waals surface area contributed by atoms with Crippen molar-refractivity contribution >= 4 is 29.2 Å². The van der Waals surface area contributed by atoms with Gasteiger partial charge in [0.25, 0.3) is 5.91 Å². The molecule has 1 heterocycles. The van der Waals surface area contributed by atoms with Crippen molar-refractivity contribution in [1.29, 1.82) is 0 Å². The van der Waals surface area contributed by atoms with Crippen LogP contribution in [0.25, 0.3) is 0 Å². The molecular weight excluding hydrogens is 304 g/mol. The predicted molar refractivity (Wildman–Crippen MR) is 82.0 cm³/mol. The normalized spacial score (nSPS) is 14.7. The van der Waals surface area contributed by atoms with Gasteiger partial charge in [0.2, 0.25) is 0 Å². The molecule has 1 atom stereocenters. The van der Waals surface area contributed by atoms with Gasteiger partial charge in [-0.15, -0.1) is 0 Å². The number of carbonyl (C=O) groups excluding carboxylic acids is 1. The third-order valence-electron chi connectivity index (χ3n) is 3.75. The highest BCUT2D eigenvalue weighted by atomic mass is 16.5. The van der Waals surface area contributed by atoms with Gasteiger partial charge >= 0.3 is 11.9 Å². The quantitative estimate of drug-likeness (QED) is 0.797. The zero-order chi connectivity index (χ0) is 17.1. The number of carboxylic acid groups (broad SMARTS) is 2. The molecule has 2 rings (SSSR count). The highest BCUT2D eigenvalue weighted by molar-refractivity contribution is 5.98. The van der Waals surface area contributed by atoms with Gasteiger partial charge in [0, 0.05) is 19.3 Å². The van der Waals surface area contributed by atoms with Crippen LogP contribution in [0.15, 0.2) is 18.2 Å². The van der Waals surface area contributed by atoms with E-state index in [-0.39, 0.29) is 25.5 Å². The summed E-state index contributed by atoms with van der Waals surface area (Å²) in [5, 5.41) is 18.1. The molecule has 8 nitrogen and oxygen atoms in total. The first-order valence-corrected chi connectivity index (χ1v) is 7.06. The van der Waals surface area contributed by atoms with E-state index < -0.39 is 18.0 Å².